The van der Waals surface area contributed by atoms with Gasteiger partial charge >= 0.3 is 6.18 Å². The van der Waals surface area contributed by atoms with Crippen LogP contribution in [0.5, 0.6) is 11.5 Å². The minimum Gasteiger partial charge on any atom is -0.493 e. The molecule has 1 heterocycles. The van der Waals surface area contributed by atoms with Gasteiger partial charge in [0, 0.05) is 31.9 Å². The minimum atomic E-state index is -4.40. The van der Waals surface area contributed by atoms with Gasteiger partial charge in [0.05, 0.1) is 18.7 Å². The highest BCUT2D eigenvalue weighted by Crippen LogP contribution is 2.30. The maximum absolute atomic E-state index is 12.6. The first-order valence-electron chi connectivity index (χ1n) is 9.13. The second-order valence-corrected chi connectivity index (χ2v) is 7.00. The van der Waals surface area contributed by atoms with Crippen molar-refractivity contribution in [3.63, 3.8) is 0 Å². The van der Waals surface area contributed by atoms with Gasteiger partial charge in [-0.25, -0.2) is 4.98 Å². The van der Waals surface area contributed by atoms with Gasteiger partial charge < -0.3 is 20.1 Å². The fraction of sp³-hybridized carbons (Fsp3) is 0.474. The predicted octanol–water partition coefficient (Wildman–Crippen LogP) is 4.49. The Morgan fingerprint density at radius 1 is 1.23 bits per heavy atom. The molecule has 11 heteroatoms. The molecule has 0 spiro atoms. The average Bonchev–Trinajstić information content (AvgIpc) is 3.18. The molecule has 168 valence electrons. The van der Waals surface area contributed by atoms with Crippen LogP contribution in [0.3, 0.4) is 0 Å². The number of hydrogen-bond acceptors (Lipinski definition) is 5. The summed E-state index contributed by atoms with van der Waals surface area (Å²) in [7, 11) is 3.22. The SMILES string of the molecule is CCCOc1ccc(CNC(=NC)NCCc2nc(C(F)(F)F)cs2)cc1OC.I. The quantitative estimate of drug-likeness (QED) is 0.270. The number of aromatic nitrogens is 1. The molecule has 0 saturated carbocycles. The summed E-state index contributed by atoms with van der Waals surface area (Å²) in [5.74, 6) is 1.90. The van der Waals surface area contributed by atoms with E-state index in [1.54, 1.807) is 14.2 Å². The Balaban J connectivity index is 0.00000450. The third-order valence-corrected chi connectivity index (χ3v) is 4.76. The van der Waals surface area contributed by atoms with E-state index in [0.717, 1.165) is 28.7 Å². The minimum absolute atomic E-state index is 0. The molecule has 30 heavy (non-hydrogen) atoms. The van der Waals surface area contributed by atoms with Gasteiger partial charge in [0.25, 0.3) is 0 Å². The molecule has 0 atom stereocenters. The molecular weight excluding hydrogens is 532 g/mol. The van der Waals surface area contributed by atoms with E-state index in [4.69, 9.17) is 9.47 Å². The van der Waals surface area contributed by atoms with Crippen LogP contribution in [-0.4, -0.2) is 38.3 Å². The number of methoxy groups -OCH3 is 1. The van der Waals surface area contributed by atoms with Gasteiger partial charge in [-0.05, 0) is 24.1 Å². The number of guanidine groups is 1. The van der Waals surface area contributed by atoms with Crippen LogP contribution in [0, 0.1) is 0 Å². The number of aliphatic imine (C=N–C) groups is 1. The molecular formula is C19H26F3IN4O2S. The van der Waals surface area contributed by atoms with Gasteiger partial charge in [0.15, 0.2) is 23.2 Å². The molecule has 0 fully saturated rings. The van der Waals surface area contributed by atoms with Gasteiger partial charge in [-0.2, -0.15) is 13.2 Å². The Morgan fingerprint density at radius 3 is 2.60 bits per heavy atom. The highest BCUT2D eigenvalue weighted by Gasteiger charge is 2.33. The van der Waals surface area contributed by atoms with Crippen LogP contribution in [0.2, 0.25) is 0 Å². The summed E-state index contributed by atoms with van der Waals surface area (Å²) in [6.07, 6.45) is -3.12. The molecule has 0 bridgehead atoms. The second kappa shape index (κ2) is 12.8. The highest BCUT2D eigenvalue weighted by atomic mass is 127. The molecule has 0 aliphatic rings. The second-order valence-electron chi connectivity index (χ2n) is 6.06. The van der Waals surface area contributed by atoms with Crippen molar-refractivity contribution in [2.75, 3.05) is 27.3 Å². The summed E-state index contributed by atoms with van der Waals surface area (Å²) >= 11 is 1.000. The molecule has 2 aromatic rings. The summed E-state index contributed by atoms with van der Waals surface area (Å²) < 4.78 is 48.8. The summed E-state index contributed by atoms with van der Waals surface area (Å²) in [6, 6.07) is 5.68. The normalized spacial score (nSPS) is 11.6. The number of benzene rings is 1. The van der Waals surface area contributed by atoms with E-state index >= 15 is 0 Å². The van der Waals surface area contributed by atoms with E-state index in [0.29, 0.717) is 48.6 Å². The molecule has 2 N–H and O–H groups in total. The molecule has 1 aromatic heterocycles. The van der Waals surface area contributed by atoms with Crippen molar-refractivity contribution in [2.24, 2.45) is 4.99 Å². The molecule has 1 aromatic carbocycles. The zero-order valence-electron chi connectivity index (χ0n) is 17.0. The summed E-state index contributed by atoms with van der Waals surface area (Å²) in [5.41, 5.74) is 0.128. The molecule has 6 nitrogen and oxygen atoms in total. The Kier molecular flexibility index (Phi) is 11.2. The monoisotopic (exact) mass is 558 g/mol. The van der Waals surface area contributed by atoms with Crippen molar-refractivity contribution in [3.05, 3.63) is 39.8 Å². The molecule has 2 rings (SSSR count). The molecule has 0 aliphatic heterocycles. The van der Waals surface area contributed by atoms with E-state index in [1.807, 2.05) is 25.1 Å². The first kappa shape index (κ1) is 26.3. The third kappa shape index (κ3) is 8.17. The lowest BCUT2D eigenvalue weighted by molar-refractivity contribution is -0.140. The van der Waals surface area contributed by atoms with Crippen molar-refractivity contribution in [2.45, 2.75) is 32.5 Å². The van der Waals surface area contributed by atoms with Crippen molar-refractivity contribution >= 4 is 41.3 Å². The summed E-state index contributed by atoms with van der Waals surface area (Å²) in [4.78, 5) is 7.73. The van der Waals surface area contributed by atoms with Gasteiger partial charge in [0.2, 0.25) is 0 Å². The van der Waals surface area contributed by atoms with Crippen molar-refractivity contribution in [1.82, 2.24) is 15.6 Å². The summed E-state index contributed by atoms with van der Waals surface area (Å²) in [6.45, 7) is 3.57. The number of rotatable bonds is 9. The number of halogens is 4. The molecule has 0 aliphatic carbocycles. The summed E-state index contributed by atoms with van der Waals surface area (Å²) in [5, 5.41) is 7.69. The molecule has 0 amide bonds. The van der Waals surface area contributed by atoms with E-state index < -0.39 is 11.9 Å². The fourth-order valence-corrected chi connectivity index (χ4v) is 3.21. The third-order valence-electron chi connectivity index (χ3n) is 3.85. The number of nitrogens with zero attached hydrogens (tertiary/aromatic N) is 2. The molecule has 0 radical (unpaired) electrons. The predicted molar refractivity (Wildman–Crippen MR) is 123 cm³/mol. The van der Waals surface area contributed by atoms with Gasteiger partial charge in [-0.3, -0.25) is 4.99 Å². The fourth-order valence-electron chi connectivity index (χ4n) is 2.40. The standard InChI is InChI=1S/C19H25F3N4O2S.HI/c1-4-9-28-14-6-5-13(10-15(14)27-3)11-25-18(23-2)24-8-7-17-26-16(12-29-17)19(20,21)22;/h5-6,10,12H,4,7-9,11H2,1-3H3,(H2,23,24,25);1H. The van der Waals surface area contributed by atoms with Crippen molar-refractivity contribution in [3.8, 4) is 11.5 Å². The Hall–Kier alpha value is -1.76. The van der Waals surface area contributed by atoms with Gasteiger partial charge in [0.1, 0.15) is 0 Å². The molecule has 0 saturated heterocycles. The lowest BCUT2D eigenvalue weighted by atomic mass is 10.2. The zero-order chi connectivity index (χ0) is 21.3. The maximum Gasteiger partial charge on any atom is 0.434 e. The van der Waals surface area contributed by atoms with E-state index in [2.05, 4.69) is 20.6 Å². The average molecular weight is 558 g/mol. The smallest absolute Gasteiger partial charge is 0.434 e. The van der Waals surface area contributed by atoms with Crippen LogP contribution in [0.4, 0.5) is 13.2 Å². The van der Waals surface area contributed by atoms with Crippen LogP contribution in [0.15, 0.2) is 28.6 Å². The Bertz CT molecular complexity index is 815. The lowest BCUT2D eigenvalue weighted by Gasteiger charge is -2.14. The first-order valence-corrected chi connectivity index (χ1v) is 10.0. The highest BCUT2D eigenvalue weighted by molar-refractivity contribution is 14.0. The van der Waals surface area contributed by atoms with Crippen molar-refractivity contribution in [1.29, 1.82) is 0 Å². The van der Waals surface area contributed by atoms with Gasteiger partial charge in [-0.1, -0.05) is 13.0 Å². The maximum atomic E-state index is 12.6. The number of alkyl halides is 3. The largest absolute Gasteiger partial charge is 0.493 e. The number of ether oxygens (including phenoxy) is 2. The molecule has 0 unspecified atom stereocenters. The van der Waals surface area contributed by atoms with Crippen LogP contribution in [-0.2, 0) is 19.1 Å². The van der Waals surface area contributed by atoms with E-state index in [-0.39, 0.29) is 24.0 Å². The van der Waals surface area contributed by atoms with Crippen LogP contribution in [0.1, 0.15) is 29.6 Å². The van der Waals surface area contributed by atoms with Gasteiger partial charge in [-0.15, -0.1) is 35.3 Å². The first-order chi connectivity index (χ1) is 13.9. The number of nitrogens with one attached hydrogen (secondary N) is 2. The Morgan fingerprint density at radius 2 is 2.00 bits per heavy atom. The lowest BCUT2D eigenvalue weighted by Crippen LogP contribution is -2.37. The van der Waals surface area contributed by atoms with Crippen LogP contribution in [0.25, 0.3) is 0 Å². The topological polar surface area (TPSA) is 67.8 Å². The van der Waals surface area contributed by atoms with Crippen LogP contribution >= 0.6 is 35.3 Å². The van der Waals surface area contributed by atoms with Crippen molar-refractivity contribution < 1.29 is 22.6 Å². The number of hydrogen-bond donors (Lipinski definition) is 2. The zero-order valence-corrected chi connectivity index (χ0v) is 20.2. The van der Waals surface area contributed by atoms with E-state index in [9.17, 15) is 13.2 Å². The Labute approximate surface area is 195 Å². The van der Waals surface area contributed by atoms with E-state index in [1.165, 1.54) is 0 Å². The number of thiazole rings is 1. The van der Waals surface area contributed by atoms with Crippen LogP contribution < -0.4 is 20.1 Å².